The number of amides is 1. The number of hydrogen-bond donors (Lipinski definition) is 2. The van der Waals surface area contributed by atoms with Crippen molar-refractivity contribution < 1.29 is 19.4 Å². The van der Waals surface area contributed by atoms with Gasteiger partial charge in [0.1, 0.15) is 0 Å². The van der Waals surface area contributed by atoms with E-state index in [1.54, 1.807) is 0 Å². The largest absolute Gasteiger partial charge is 0.392 e. The summed E-state index contributed by atoms with van der Waals surface area (Å²) in [6.07, 6.45) is -0.0348. The van der Waals surface area contributed by atoms with Crippen LogP contribution in [0.5, 0.6) is 0 Å². The summed E-state index contributed by atoms with van der Waals surface area (Å²) in [6.45, 7) is 1.82. The van der Waals surface area contributed by atoms with Gasteiger partial charge in [-0.05, 0) is 46.5 Å². The normalized spacial score (nSPS) is 18.7. The Labute approximate surface area is 273 Å². The van der Waals surface area contributed by atoms with Crippen molar-refractivity contribution in [1.29, 1.82) is 0 Å². The van der Waals surface area contributed by atoms with Gasteiger partial charge >= 0.3 is 0 Å². The Kier molecular flexibility index (Phi) is 11.0. The number of halogens is 3. The first-order valence-electron chi connectivity index (χ1n) is 14.5. The number of aliphatic hydroxyl groups excluding tert-OH is 1. The van der Waals surface area contributed by atoms with Crippen molar-refractivity contribution in [2.75, 3.05) is 13.6 Å². The Bertz CT molecular complexity index is 1510. The second-order valence-electron chi connectivity index (χ2n) is 11.0. The lowest BCUT2D eigenvalue weighted by Gasteiger charge is -2.38. The molecule has 0 bridgehead atoms. The molecule has 1 amide bonds. The number of rotatable bonds is 10. The predicted molar refractivity (Wildman–Crippen MR) is 175 cm³/mol. The van der Waals surface area contributed by atoms with Gasteiger partial charge in [-0.3, -0.25) is 9.69 Å². The summed E-state index contributed by atoms with van der Waals surface area (Å²) in [7, 11) is 2.11. The lowest BCUT2D eigenvalue weighted by atomic mass is 9.99. The topological polar surface area (TPSA) is 71.0 Å². The summed E-state index contributed by atoms with van der Waals surface area (Å²) in [5, 5.41) is 12.1. The molecule has 3 atom stereocenters. The molecule has 4 aromatic rings. The zero-order valence-electron chi connectivity index (χ0n) is 24.3. The quantitative estimate of drug-likeness (QED) is 0.173. The van der Waals surface area contributed by atoms with Gasteiger partial charge in [0, 0.05) is 31.6 Å². The van der Waals surface area contributed by atoms with Gasteiger partial charge in [-0.15, -0.1) is 0 Å². The zero-order valence-corrected chi connectivity index (χ0v) is 26.6. The van der Waals surface area contributed by atoms with Crippen molar-refractivity contribution in [2.45, 2.75) is 48.4 Å². The van der Waals surface area contributed by atoms with Crippen molar-refractivity contribution >= 4 is 40.7 Å². The van der Waals surface area contributed by atoms with Gasteiger partial charge in [-0.1, -0.05) is 132 Å². The molecule has 230 valence electrons. The number of nitrogens with zero attached hydrogens (tertiary/aromatic N) is 1. The van der Waals surface area contributed by atoms with E-state index in [1.807, 2.05) is 78.9 Å². The Morgan fingerprint density at radius 1 is 0.841 bits per heavy atom. The number of hydrogen-bond acceptors (Lipinski definition) is 5. The number of alkyl halides is 3. The SMILES string of the molecule is CN(Cc1ccccc1)C[C@@H]1C[C@H](c2ccc(CO)cc2)O[C@H](c2ccc(-c3cccc(CNC(=O)C(Cl)(Cl)Cl)c3)cc2)O1. The third-order valence-corrected chi connectivity index (χ3v) is 8.09. The van der Waals surface area contributed by atoms with Crippen molar-refractivity contribution in [2.24, 2.45) is 0 Å². The first-order chi connectivity index (χ1) is 21.2. The maximum absolute atomic E-state index is 11.9. The predicted octanol–water partition coefficient (Wildman–Crippen LogP) is 7.51. The lowest BCUT2D eigenvalue weighted by molar-refractivity contribution is -0.252. The fourth-order valence-corrected chi connectivity index (χ4v) is 5.52. The second-order valence-corrected chi connectivity index (χ2v) is 13.3. The molecule has 4 aromatic carbocycles. The van der Waals surface area contributed by atoms with Gasteiger partial charge in [0.25, 0.3) is 9.70 Å². The Balaban J connectivity index is 1.31. The number of carbonyl (C=O) groups excluding carboxylic acids is 1. The van der Waals surface area contributed by atoms with Crippen molar-refractivity contribution in [3.63, 3.8) is 0 Å². The first-order valence-corrected chi connectivity index (χ1v) is 15.6. The summed E-state index contributed by atoms with van der Waals surface area (Å²) >= 11 is 17.0. The first kappa shape index (κ1) is 32.5. The fraction of sp³-hybridized carbons (Fsp3) is 0.286. The molecule has 1 heterocycles. The average Bonchev–Trinajstić information content (AvgIpc) is 3.03. The minimum atomic E-state index is -2.01. The number of benzene rings is 4. The van der Waals surface area contributed by atoms with E-state index in [9.17, 15) is 9.90 Å². The van der Waals surface area contributed by atoms with Gasteiger partial charge in [-0.25, -0.2) is 0 Å². The Hall–Kier alpha value is -2.94. The van der Waals surface area contributed by atoms with E-state index in [4.69, 9.17) is 44.3 Å². The minimum absolute atomic E-state index is 0.00327. The van der Waals surface area contributed by atoms with E-state index in [0.29, 0.717) is 6.42 Å². The number of carbonyl (C=O) groups is 1. The smallest absolute Gasteiger partial charge is 0.272 e. The van der Waals surface area contributed by atoms with Crippen molar-refractivity contribution in [3.8, 4) is 11.1 Å². The summed E-state index contributed by atoms with van der Waals surface area (Å²) in [5.74, 6) is -0.669. The van der Waals surface area contributed by atoms with Crippen LogP contribution in [0.1, 0.15) is 46.6 Å². The summed E-state index contributed by atoms with van der Waals surface area (Å²) < 4.78 is 11.1. The van der Waals surface area contributed by atoms with Crippen LogP contribution < -0.4 is 5.32 Å². The Morgan fingerprint density at radius 3 is 2.20 bits per heavy atom. The van der Waals surface area contributed by atoms with E-state index in [1.165, 1.54) is 5.56 Å². The van der Waals surface area contributed by atoms with Crippen LogP contribution in [0.4, 0.5) is 0 Å². The van der Waals surface area contributed by atoms with Crippen LogP contribution in [-0.2, 0) is 34.0 Å². The highest BCUT2D eigenvalue weighted by Gasteiger charge is 2.33. The highest BCUT2D eigenvalue weighted by Crippen LogP contribution is 2.38. The van der Waals surface area contributed by atoms with Crippen LogP contribution in [-0.4, -0.2) is 39.4 Å². The molecule has 0 aliphatic carbocycles. The van der Waals surface area contributed by atoms with E-state index in [-0.39, 0.29) is 25.4 Å². The van der Waals surface area contributed by atoms with E-state index < -0.39 is 16.0 Å². The molecule has 0 saturated carbocycles. The molecule has 2 N–H and O–H groups in total. The molecule has 1 fully saturated rings. The van der Waals surface area contributed by atoms with E-state index >= 15 is 0 Å². The highest BCUT2D eigenvalue weighted by molar-refractivity contribution is 6.76. The maximum Gasteiger partial charge on any atom is 0.272 e. The molecule has 5 rings (SSSR count). The van der Waals surface area contributed by atoms with E-state index in [2.05, 4.69) is 41.5 Å². The lowest BCUT2D eigenvalue weighted by Crippen LogP contribution is -2.37. The second kappa shape index (κ2) is 14.9. The molecule has 9 heteroatoms. The van der Waals surface area contributed by atoms with Crippen molar-refractivity contribution in [1.82, 2.24) is 10.2 Å². The molecule has 0 spiro atoms. The van der Waals surface area contributed by atoms with Crippen molar-refractivity contribution in [3.05, 3.63) is 131 Å². The molecule has 44 heavy (non-hydrogen) atoms. The van der Waals surface area contributed by atoms with Gasteiger partial charge in [0.2, 0.25) is 0 Å². The van der Waals surface area contributed by atoms with Crippen LogP contribution in [0.25, 0.3) is 11.1 Å². The number of ether oxygens (including phenoxy) is 2. The number of aliphatic hydroxyl groups is 1. The highest BCUT2D eigenvalue weighted by atomic mass is 35.6. The maximum atomic E-state index is 11.9. The average molecular weight is 654 g/mol. The fourth-order valence-electron chi connectivity index (χ4n) is 5.32. The monoisotopic (exact) mass is 652 g/mol. The van der Waals surface area contributed by atoms with Crippen LogP contribution in [0.15, 0.2) is 103 Å². The standard InChI is InChI=1S/C35H35Cl3N2O4/c1-40(21-24-6-3-2-4-7-24)22-31-19-32(28-12-10-25(23-41)11-13-28)44-33(43-31)29-16-14-27(15-17-29)30-9-5-8-26(18-30)20-39-34(42)35(36,37)38/h2-18,31-33,41H,19-23H2,1H3,(H,39,42)/t31-,32+,33+/m0/s1. The van der Waals surface area contributed by atoms with Gasteiger partial charge in [0.15, 0.2) is 6.29 Å². The molecule has 6 nitrogen and oxygen atoms in total. The zero-order chi connectivity index (χ0) is 31.1. The van der Waals surface area contributed by atoms with Gasteiger partial charge in [-0.2, -0.15) is 0 Å². The summed E-state index contributed by atoms with van der Waals surface area (Å²) in [5.41, 5.74) is 6.98. The molecular formula is C35H35Cl3N2O4. The Morgan fingerprint density at radius 2 is 1.52 bits per heavy atom. The summed E-state index contributed by atoms with van der Waals surface area (Å²) in [6, 6.07) is 34.3. The number of nitrogens with one attached hydrogen (secondary N) is 1. The minimum Gasteiger partial charge on any atom is -0.392 e. The molecular weight excluding hydrogens is 619 g/mol. The molecule has 0 unspecified atom stereocenters. The molecule has 0 radical (unpaired) electrons. The van der Waals surface area contributed by atoms with Crippen LogP contribution in [0.3, 0.4) is 0 Å². The van der Waals surface area contributed by atoms with E-state index in [0.717, 1.165) is 46.5 Å². The van der Waals surface area contributed by atoms with Crippen LogP contribution >= 0.6 is 34.8 Å². The third-order valence-electron chi connectivity index (χ3n) is 7.58. The van der Waals surface area contributed by atoms with Gasteiger partial charge < -0.3 is 19.9 Å². The van der Waals surface area contributed by atoms with Crippen LogP contribution in [0, 0.1) is 0 Å². The molecule has 1 aliphatic rings. The summed E-state index contributed by atoms with van der Waals surface area (Å²) in [4.78, 5) is 14.2. The molecule has 1 saturated heterocycles. The number of likely N-dealkylation sites (N-methyl/N-ethyl adjacent to an activating group) is 1. The third kappa shape index (κ3) is 8.83. The molecule has 0 aromatic heterocycles. The molecule has 1 aliphatic heterocycles. The van der Waals surface area contributed by atoms with Gasteiger partial charge in [0.05, 0.1) is 18.8 Å². The van der Waals surface area contributed by atoms with Crippen LogP contribution in [0.2, 0.25) is 0 Å².